The molecule has 1 heterocycles. The van der Waals surface area contributed by atoms with Crippen molar-refractivity contribution >= 4 is 33.7 Å². The molecule has 1 aliphatic rings. The van der Waals surface area contributed by atoms with Gasteiger partial charge in [0.25, 0.3) is 10.1 Å². The first kappa shape index (κ1) is 22.6. The molecule has 1 fully saturated rings. The van der Waals surface area contributed by atoms with Gasteiger partial charge in [-0.05, 0) is 18.6 Å². The first-order valence-corrected chi connectivity index (χ1v) is 8.97. The molecule has 11 heteroatoms. The van der Waals surface area contributed by atoms with E-state index in [1.165, 1.54) is 13.2 Å². The molecule has 0 spiro atoms. The Balaban J connectivity index is 0.00000338. The number of unbranched alkanes of at least 4 members (excludes halogenated alkanes) is 1. The number of urea groups is 1. The molecule has 1 aromatic carbocycles. The molecule has 9 nitrogen and oxygen atoms in total. The summed E-state index contributed by atoms with van der Waals surface area (Å²) in [5.74, 6) is -1.41. The van der Waals surface area contributed by atoms with Gasteiger partial charge in [-0.15, -0.1) is 0 Å². The summed E-state index contributed by atoms with van der Waals surface area (Å²) < 4.78 is 36.6. The summed E-state index contributed by atoms with van der Waals surface area (Å²) in [6, 6.07) is 2.40. The van der Waals surface area contributed by atoms with E-state index in [0.29, 0.717) is 6.42 Å². The molecular formula is C15H19N2NaO7S. The van der Waals surface area contributed by atoms with Crippen LogP contribution in [0.3, 0.4) is 0 Å². The summed E-state index contributed by atoms with van der Waals surface area (Å²) in [6.07, 6.45) is 0.883. The molecule has 0 unspecified atom stereocenters. The predicted octanol–water partition coefficient (Wildman–Crippen LogP) is -1.46. The second-order valence-corrected chi connectivity index (χ2v) is 6.82. The van der Waals surface area contributed by atoms with Crippen LogP contribution >= 0.6 is 0 Å². The molecule has 2 rings (SSSR count). The van der Waals surface area contributed by atoms with Gasteiger partial charge in [-0.2, -0.15) is 8.42 Å². The van der Waals surface area contributed by atoms with Gasteiger partial charge in [0.15, 0.2) is 0 Å². The average molecular weight is 394 g/mol. The van der Waals surface area contributed by atoms with Crippen LogP contribution in [-0.2, 0) is 19.7 Å². The fraction of sp³-hybridized carbons (Fsp3) is 0.400. The third-order valence-electron chi connectivity index (χ3n) is 3.70. The number of nitrogens with zero attached hydrogens (tertiary/aromatic N) is 2. The topological polar surface area (TPSA) is 121 Å². The molecule has 0 radical (unpaired) electrons. The molecule has 26 heavy (non-hydrogen) atoms. The van der Waals surface area contributed by atoms with Gasteiger partial charge in [0.1, 0.15) is 12.2 Å². The van der Waals surface area contributed by atoms with Crippen LogP contribution in [0.25, 0.3) is 0 Å². The van der Waals surface area contributed by atoms with Crippen LogP contribution in [0.15, 0.2) is 23.1 Å². The van der Waals surface area contributed by atoms with Crippen LogP contribution in [0, 0.1) is 0 Å². The molecule has 1 N–H and O–H groups in total. The number of amides is 4. The van der Waals surface area contributed by atoms with Crippen LogP contribution in [0.1, 0.15) is 27.6 Å². The summed E-state index contributed by atoms with van der Waals surface area (Å²) in [7, 11) is -3.25. The van der Waals surface area contributed by atoms with E-state index in [1.54, 1.807) is 0 Å². The number of anilines is 1. The Morgan fingerprint density at radius 1 is 1.23 bits per heavy atom. The largest absolute Gasteiger partial charge is 1.00 e. The van der Waals surface area contributed by atoms with E-state index in [0.717, 1.165) is 28.4 Å². The maximum Gasteiger partial charge on any atom is 1.00 e. The van der Waals surface area contributed by atoms with Gasteiger partial charge < -0.3 is 6.16 Å². The second kappa shape index (κ2) is 8.96. The molecule has 138 valence electrons. The number of carbonyl (C=O) groups excluding carboxylic acids is 3. The van der Waals surface area contributed by atoms with Crippen molar-refractivity contribution in [1.29, 1.82) is 0 Å². The standard InChI is InChI=1S/C15H18N2O7S.Na.H/c1-3-4-7-16-13(18)9-14(19)17(15(16)20)11-6-5-10(25(21,22)23)8-12(11)24-2;;/h5-6,8H,3-4,7,9H2,1-2H3,(H,21,22,23);;/q;+1;-1. The van der Waals surface area contributed by atoms with E-state index in [-0.39, 0.29) is 49.0 Å². The minimum atomic E-state index is -4.47. The van der Waals surface area contributed by atoms with Crippen molar-refractivity contribution in [2.24, 2.45) is 0 Å². The van der Waals surface area contributed by atoms with Crippen molar-refractivity contribution < 1.29 is 63.1 Å². The number of rotatable bonds is 6. The minimum Gasteiger partial charge on any atom is -1.00 e. The van der Waals surface area contributed by atoms with E-state index >= 15 is 0 Å². The van der Waals surface area contributed by atoms with Crippen molar-refractivity contribution in [3.05, 3.63) is 18.2 Å². The molecule has 1 aromatic rings. The Labute approximate surface area is 174 Å². The zero-order valence-corrected chi connectivity index (χ0v) is 17.6. The van der Waals surface area contributed by atoms with E-state index < -0.39 is 39.3 Å². The fourth-order valence-electron chi connectivity index (χ4n) is 2.42. The molecule has 0 atom stereocenters. The minimum absolute atomic E-state index is 0. The summed E-state index contributed by atoms with van der Waals surface area (Å²) in [5, 5.41) is 0. The summed E-state index contributed by atoms with van der Waals surface area (Å²) in [4.78, 5) is 38.1. The Hall–Kier alpha value is -1.46. The number of benzene rings is 1. The molecular weight excluding hydrogens is 375 g/mol. The number of hydrogen-bond donors (Lipinski definition) is 1. The molecule has 0 saturated carbocycles. The third kappa shape index (κ3) is 4.63. The number of barbiturate groups is 1. The first-order valence-electron chi connectivity index (χ1n) is 7.53. The zero-order chi connectivity index (χ0) is 18.8. The molecule has 0 aliphatic carbocycles. The summed E-state index contributed by atoms with van der Waals surface area (Å²) >= 11 is 0. The van der Waals surface area contributed by atoms with Gasteiger partial charge in [-0.3, -0.25) is 19.0 Å². The number of imide groups is 2. The molecule has 0 aromatic heterocycles. The van der Waals surface area contributed by atoms with Crippen molar-refractivity contribution in [3.63, 3.8) is 0 Å². The van der Waals surface area contributed by atoms with E-state index in [1.807, 2.05) is 6.92 Å². The molecule has 1 aliphatic heterocycles. The number of hydrogen-bond acceptors (Lipinski definition) is 6. The normalized spacial score (nSPS) is 15.1. The van der Waals surface area contributed by atoms with Gasteiger partial charge >= 0.3 is 35.6 Å². The van der Waals surface area contributed by atoms with Crippen LogP contribution in [0.5, 0.6) is 5.75 Å². The SMILES string of the molecule is CCCCN1C(=O)CC(=O)N(c2ccc(S(=O)(=O)O)cc2OC)C1=O.[H-].[Na+]. The van der Waals surface area contributed by atoms with Crippen LogP contribution in [0.4, 0.5) is 10.5 Å². The smallest absolute Gasteiger partial charge is 1.00 e. The second-order valence-electron chi connectivity index (χ2n) is 5.40. The number of ether oxygens (including phenoxy) is 1. The first-order chi connectivity index (χ1) is 11.7. The van der Waals surface area contributed by atoms with Gasteiger partial charge in [-0.1, -0.05) is 13.3 Å². The zero-order valence-electron chi connectivity index (χ0n) is 15.8. The van der Waals surface area contributed by atoms with Crippen molar-refractivity contribution in [1.82, 2.24) is 4.90 Å². The van der Waals surface area contributed by atoms with Crippen LogP contribution < -0.4 is 39.2 Å². The predicted molar refractivity (Wildman–Crippen MR) is 88.0 cm³/mol. The Kier molecular flexibility index (Phi) is 7.78. The Bertz CT molecular complexity index is 831. The third-order valence-corrected chi connectivity index (χ3v) is 4.55. The Morgan fingerprint density at radius 3 is 2.42 bits per heavy atom. The summed E-state index contributed by atoms with van der Waals surface area (Å²) in [5.41, 5.74) is -0.00102. The van der Waals surface area contributed by atoms with Gasteiger partial charge in [0.05, 0.1) is 17.7 Å². The van der Waals surface area contributed by atoms with Crippen molar-refractivity contribution in [3.8, 4) is 5.75 Å². The maximum absolute atomic E-state index is 12.6. The number of methoxy groups -OCH3 is 1. The van der Waals surface area contributed by atoms with Crippen LogP contribution in [0.2, 0.25) is 0 Å². The van der Waals surface area contributed by atoms with Crippen molar-refractivity contribution in [2.75, 3.05) is 18.6 Å². The average Bonchev–Trinajstić information content (AvgIpc) is 2.53. The molecule has 0 bridgehead atoms. The van der Waals surface area contributed by atoms with Gasteiger partial charge in [0.2, 0.25) is 11.8 Å². The quantitative estimate of drug-likeness (QED) is 0.356. The van der Waals surface area contributed by atoms with Gasteiger partial charge in [-0.25, -0.2) is 9.69 Å². The van der Waals surface area contributed by atoms with Crippen LogP contribution in [-0.4, -0.2) is 49.4 Å². The van der Waals surface area contributed by atoms with E-state index in [4.69, 9.17) is 9.29 Å². The monoisotopic (exact) mass is 394 g/mol. The van der Waals surface area contributed by atoms with Crippen molar-refractivity contribution in [2.45, 2.75) is 31.1 Å². The Morgan fingerprint density at radius 2 is 1.88 bits per heavy atom. The molecule has 4 amide bonds. The van der Waals surface area contributed by atoms with Gasteiger partial charge in [0, 0.05) is 12.6 Å². The maximum atomic E-state index is 12.6. The van der Waals surface area contributed by atoms with E-state index in [2.05, 4.69) is 0 Å². The molecule has 1 saturated heterocycles. The van der Waals surface area contributed by atoms with E-state index in [9.17, 15) is 22.8 Å². The number of carbonyl (C=O) groups is 3. The summed E-state index contributed by atoms with van der Waals surface area (Å²) in [6.45, 7) is 2.09. The fourth-order valence-corrected chi connectivity index (χ4v) is 2.91.